The monoisotopic (exact) mass is 268 g/mol. The van der Waals surface area contributed by atoms with Crippen molar-refractivity contribution in [2.75, 3.05) is 6.61 Å². The molecule has 1 N–H and O–H groups in total. The van der Waals surface area contributed by atoms with Gasteiger partial charge in [0.25, 0.3) is 0 Å². The molecule has 104 valence electrons. The van der Waals surface area contributed by atoms with Crippen molar-refractivity contribution in [2.24, 2.45) is 0 Å². The van der Waals surface area contributed by atoms with E-state index in [9.17, 15) is 0 Å². The van der Waals surface area contributed by atoms with Gasteiger partial charge in [-0.3, -0.25) is 4.98 Å². The van der Waals surface area contributed by atoms with Crippen molar-refractivity contribution >= 4 is 0 Å². The van der Waals surface area contributed by atoms with E-state index in [-0.39, 0.29) is 6.04 Å². The molecule has 3 rings (SSSR count). The van der Waals surface area contributed by atoms with Crippen LogP contribution in [0.15, 0.2) is 42.6 Å². The molecule has 0 aliphatic carbocycles. The highest BCUT2D eigenvalue weighted by atomic mass is 16.5. The molecule has 0 fully saturated rings. The third kappa shape index (κ3) is 2.74. The Morgan fingerprint density at radius 3 is 3.05 bits per heavy atom. The lowest BCUT2D eigenvalue weighted by atomic mass is 9.99. The first kappa shape index (κ1) is 13.3. The predicted molar refractivity (Wildman–Crippen MR) is 79.3 cm³/mol. The van der Waals surface area contributed by atoms with E-state index in [0.29, 0.717) is 0 Å². The Labute approximate surface area is 120 Å². The lowest BCUT2D eigenvalue weighted by Gasteiger charge is -2.26. The highest BCUT2D eigenvalue weighted by molar-refractivity contribution is 5.31. The second-order valence-electron chi connectivity index (χ2n) is 5.11. The molecule has 1 aliphatic heterocycles. The number of aromatic nitrogens is 1. The van der Waals surface area contributed by atoms with Gasteiger partial charge in [-0.15, -0.1) is 0 Å². The van der Waals surface area contributed by atoms with Crippen LogP contribution < -0.4 is 5.32 Å². The van der Waals surface area contributed by atoms with Crippen molar-refractivity contribution in [2.45, 2.75) is 32.5 Å². The van der Waals surface area contributed by atoms with Gasteiger partial charge in [0.05, 0.1) is 24.9 Å². The zero-order valence-corrected chi connectivity index (χ0v) is 11.8. The van der Waals surface area contributed by atoms with Gasteiger partial charge < -0.3 is 10.1 Å². The molecule has 2 aromatic rings. The van der Waals surface area contributed by atoms with E-state index in [0.717, 1.165) is 31.9 Å². The first-order chi connectivity index (χ1) is 9.88. The van der Waals surface area contributed by atoms with E-state index in [1.54, 1.807) is 0 Å². The molecule has 1 unspecified atom stereocenters. The van der Waals surface area contributed by atoms with Gasteiger partial charge in [0.2, 0.25) is 0 Å². The lowest BCUT2D eigenvalue weighted by molar-refractivity contribution is 0.0815. The average Bonchev–Trinajstić information content (AvgIpc) is 2.53. The number of ether oxygens (including phenoxy) is 1. The van der Waals surface area contributed by atoms with Crippen molar-refractivity contribution in [3.63, 3.8) is 0 Å². The fraction of sp³-hybridized carbons (Fsp3) is 0.353. The standard InChI is InChI=1S/C17H20N2O/c1-2-13-7-5-9-18-16(13)10-19-17-12-20-11-14-6-3-4-8-15(14)17/h3-9,17,19H,2,10-12H2,1H3. The van der Waals surface area contributed by atoms with E-state index in [2.05, 4.69) is 47.6 Å². The summed E-state index contributed by atoms with van der Waals surface area (Å²) in [5, 5.41) is 3.58. The van der Waals surface area contributed by atoms with Gasteiger partial charge in [-0.2, -0.15) is 0 Å². The van der Waals surface area contributed by atoms with Crippen LogP contribution in [0.4, 0.5) is 0 Å². The molecule has 0 radical (unpaired) electrons. The maximum atomic E-state index is 5.67. The van der Waals surface area contributed by atoms with Gasteiger partial charge in [-0.05, 0) is 29.2 Å². The highest BCUT2D eigenvalue weighted by Gasteiger charge is 2.19. The molecule has 0 spiro atoms. The molecule has 0 bridgehead atoms. The normalized spacial score (nSPS) is 17.8. The molecule has 2 heterocycles. The Hall–Kier alpha value is -1.71. The number of pyridine rings is 1. The van der Waals surface area contributed by atoms with Crippen molar-refractivity contribution in [1.29, 1.82) is 0 Å². The zero-order chi connectivity index (χ0) is 13.8. The minimum Gasteiger partial charge on any atom is -0.375 e. The first-order valence-electron chi connectivity index (χ1n) is 7.20. The van der Waals surface area contributed by atoms with Crippen LogP contribution >= 0.6 is 0 Å². The zero-order valence-electron chi connectivity index (χ0n) is 11.8. The van der Waals surface area contributed by atoms with Crippen molar-refractivity contribution in [1.82, 2.24) is 10.3 Å². The smallest absolute Gasteiger partial charge is 0.0721 e. The predicted octanol–water partition coefficient (Wildman–Crippen LogP) is 3.01. The molecule has 0 saturated carbocycles. The van der Waals surface area contributed by atoms with Crippen LogP contribution in [0.2, 0.25) is 0 Å². The van der Waals surface area contributed by atoms with E-state index in [1.165, 1.54) is 16.7 Å². The van der Waals surface area contributed by atoms with Crippen LogP contribution in [0.25, 0.3) is 0 Å². The van der Waals surface area contributed by atoms with E-state index < -0.39 is 0 Å². The molecule has 1 aromatic carbocycles. The molecular weight excluding hydrogens is 248 g/mol. The van der Waals surface area contributed by atoms with Crippen LogP contribution in [0.3, 0.4) is 0 Å². The summed E-state index contributed by atoms with van der Waals surface area (Å²) in [5.41, 5.74) is 5.09. The van der Waals surface area contributed by atoms with Gasteiger partial charge >= 0.3 is 0 Å². The maximum Gasteiger partial charge on any atom is 0.0721 e. The number of nitrogens with one attached hydrogen (secondary N) is 1. The number of benzene rings is 1. The Morgan fingerprint density at radius 2 is 2.15 bits per heavy atom. The first-order valence-corrected chi connectivity index (χ1v) is 7.20. The average molecular weight is 268 g/mol. The van der Waals surface area contributed by atoms with Gasteiger partial charge in [0.1, 0.15) is 0 Å². The fourth-order valence-corrected chi connectivity index (χ4v) is 2.72. The molecule has 1 aromatic heterocycles. The van der Waals surface area contributed by atoms with Crippen LogP contribution in [0.5, 0.6) is 0 Å². The molecule has 3 nitrogen and oxygen atoms in total. The third-order valence-electron chi connectivity index (χ3n) is 3.85. The molecule has 1 atom stereocenters. The summed E-state index contributed by atoms with van der Waals surface area (Å²) < 4.78 is 5.67. The molecule has 0 saturated heterocycles. The quantitative estimate of drug-likeness (QED) is 0.925. The lowest BCUT2D eigenvalue weighted by Crippen LogP contribution is -2.29. The van der Waals surface area contributed by atoms with E-state index >= 15 is 0 Å². The molecule has 3 heteroatoms. The summed E-state index contributed by atoms with van der Waals surface area (Å²) in [5.74, 6) is 0. The van der Waals surface area contributed by atoms with Crippen LogP contribution in [-0.2, 0) is 24.3 Å². The van der Waals surface area contributed by atoms with Crippen molar-refractivity contribution < 1.29 is 4.74 Å². The van der Waals surface area contributed by atoms with Gasteiger partial charge in [-0.1, -0.05) is 37.3 Å². The Balaban J connectivity index is 1.73. The second-order valence-corrected chi connectivity index (χ2v) is 5.11. The Bertz CT molecular complexity index is 583. The van der Waals surface area contributed by atoms with Gasteiger partial charge in [-0.25, -0.2) is 0 Å². The summed E-state index contributed by atoms with van der Waals surface area (Å²) in [6.07, 6.45) is 2.88. The summed E-state index contributed by atoms with van der Waals surface area (Å²) in [6, 6.07) is 12.9. The van der Waals surface area contributed by atoms with Gasteiger partial charge in [0, 0.05) is 12.7 Å². The molecule has 1 aliphatic rings. The minimum absolute atomic E-state index is 0.256. The summed E-state index contributed by atoms with van der Waals surface area (Å²) in [4.78, 5) is 4.49. The number of nitrogens with zero attached hydrogens (tertiary/aromatic N) is 1. The second kappa shape index (κ2) is 6.16. The van der Waals surface area contributed by atoms with Crippen LogP contribution in [0, 0.1) is 0 Å². The third-order valence-corrected chi connectivity index (χ3v) is 3.85. The van der Waals surface area contributed by atoms with E-state index in [1.807, 2.05) is 12.3 Å². The van der Waals surface area contributed by atoms with Crippen LogP contribution in [0.1, 0.15) is 35.3 Å². The molecular formula is C17H20N2O. The summed E-state index contributed by atoms with van der Waals surface area (Å²) in [7, 11) is 0. The fourth-order valence-electron chi connectivity index (χ4n) is 2.72. The van der Waals surface area contributed by atoms with Crippen molar-refractivity contribution in [3.05, 3.63) is 65.0 Å². The number of hydrogen-bond acceptors (Lipinski definition) is 3. The summed E-state index contributed by atoms with van der Waals surface area (Å²) in [6.45, 7) is 4.40. The molecule has 20 heavy (non-hydrogen) atoms. The summed E-state index contributed by atoms with van der Waals surface area (Å²) >= 11 is 0. The Morgan fingerprint density at radius 1 is 1.25 bits per heavy atom. The highest BCUT2D eigenvalue weighted by Crippen LogP contribution is 2.24. The van der Waals surface area contributed by atoms with Crippen LogP contribution in [-0.4, -0.2) is 11.6 Å². The maximum absolute atomic E-state index is 5.67. The number of hydrogen-bond donors (Lipinski definition) is 1. The van der Waals surface area contributed by atoms with E-state index in [4.69, 9.17) is 4.74 Å². The van der Waals surface area contributed by atoms with Crippen molar-refractivity contribution in [3.8, 4) is 0 Å². The van der Waals surface area contributed by atoms with Gasteiger partial charge in [0.15, 0.2) is 0 Å². The Kier molecular flexibility index (Phi) is 4.09. The number of fused-ring (bicyclic) bond motifs is 1. The SMILES string of the molecule is CCc1cccnc1CNC1COCc2ccccc21. The number of aryl methyl sites for hydroxylation is 1. The largest absolute Gasteiger partial charge is 0.375 e. The molecule has 0 amide bonds. The minimum atomic E-state index is 0.256. The topological polar surface area (TPSA) is 34.2 Å². The number of rotatable bonds is 4.